The Morgan fingerprint density at radius 3 is 3.13 bits per heavy atom. The zero-order valence-corrected chi connectivity index (χ0v) is 15.7. The van der Waals surface area contributed by atoms with Crippen LogP contribution in [0.3, 0.4) is 0 Å². The fraction of sp³-hybridized carbons (Fsp3) is 0.529. The number of rotatable bonds is 4. The Morgan fingerprint density at radius 2 is 2.30 bits per heavy atom. The number of aryl methyl sites for hydroxylation is 1. The topological polar surface area (TPSA) is 47.6 Å². The summed E-state index contributed by atoms with van der Waals surface area (Å²) < 4.78 is 28.1. The fourth-order valence-corrected chi connectivity index (χ4v) is 4.26. The maximum Gasteiger partial charge on any atom is 0.167 e. The third-order valence-corrected chi connectivity index (χ3v) is 5.92. The third kappa shape index (κ3) is 3.74. The second kappa shape index (κ2) is 7.26. The normalized spacial score (nSPS) is 26.3. The molecule has 1 spiro atoms. The standard InChI is InChI=1S/C17H22BrNO3S/c1-2-10-23(20)19-12-16-17(7-3-9-21-16)8-6-13-11-14(18)4-5-15(13)22-17/h4-5,11-12,19H,2-3,6-10H2,1H3/b16-12+/t17?,23-/m1/s1. The lowest BCUT2D eigenvalue weighted by Gasteiger charge is -2.42. The number of hydrogen-bond donors (Lipinski definition) is 1. The molecule has 3 rings (SSSR count). The molecule has 1 saturated heterocycles. The van der Waals surface area contributed by atoms with Gasteiger partial charge >= 0.3 is 0 Å². The van der Waals surface area contributed by atoms with Crippen LogP contribution in [0.15, 0.2) is 34.6 Å². The zero-order valence-electron chi connectivity index (χ0n) is 13.3. The van der Waals surface area contributed by atoms with Crippen LogP contribution >= 0.6 is 15.9 Å². The monoisotopic (exact) mass is 399 g/mol. The van der Waals surface area contributed by atoms with E-state index in [9.17, 15) is 4.21 Å². The molecule has 1 fully saturated rings. The Kier molecular flexibility index (Phi) is 5.31. The maximum absolute atomic E-state index is 11.8. The average molecular weight is 400 g/mol. The summed E-state index contributed by atoms with van der Waals surface area (Å²) in [5, 5.41) is 0. The minimum absolute atomic E-state index is 0.428. The lowest BCUT2D eigenvalue weighted by molar-refractivity contribution is -0.0252. The highest BCUT2D eigenvalue weighted by Crippen LogP contribution is 2.43. The van der Waals surface area contributed by atoms with Gasteiger partial charge in [-0.1, -0.05) is 22.9 Å². The fourth-order valence-electron chi connectivity index (χ4n) is 3.12. The predicted octanol–water partition coefficient (Wildman–Crippen LogP) is 3.83. The van der Waals surface area contributed by atoms with Crippen LogP contribution in [0.2, 0.25) is 0 Å². The molecule has 4 nitrogen and oxygen atoms in total. The van der Waals surface area contributed by atoms with E-state index in [4.69, 9.17) is 9.47 Å². The molecule has 0 radical (unpaired) electrons. The summed E-state index contributed by atoms with van der Waals surface area (Å²) >= 11 is 3.51. The van der Waals surface area contributed by atoms with Gasteiger partial charge in [0.2, 0.25) is 0 Å². The Labute approximate surface area is 148 Å². The van der Waals surface area contributed by atoms with Gasteiger partial charge in [0.15, 0.2) is 11.4 Å². The molecule has 1 unspecified atom stereocenters. The van der Waals surface area contributed by atoms with Crippen LogP contribution in [0.4, 0.5) is 0 Å². The van der Waals surface area contributed by atoms with Crippen molar-refractivity contribution in [1.29, 1.82) is 0 Å². The quantitative estimate of drug-likeness (QED) is 0.836. The lowest BCUT2D eigenvalue weighted by Crippen LogP contribution is -2.45. The van der Waals surface area contributed by atoms with E-state index in [0.29, 0.717) is 12.4 Å². The molecule has 126 valence electrons. The van der Waals surface area contributed by atoms with Crippen LogP contribution in [0.5, 0.6) is 5.75 Å². The van der Waals surface area contributed by atoms with Crippen molar-refractivity contribution in [3.8, 4) is 5.75 Å². The van der Waals surface area contributed by atoms with E-state index in [1.54, 1.807) is 6.20 Å². The van der Waals surface area contributed by atoms with Gasteiger partial charge in [-0.15, -0.1) is 0 Å². The molecule has 0 aromatic heterocycles. The van der Waals surface area contributed by atoms with E-state index >= 15 is 0 Å². The number of hydrogen-bond acceptors (Lipinski definition) is 3. The van der Waals surface area contributed by atoms with E-state index in [1.807, 2.05) is 19.1 Å². The highest BCUT2D eigenvalue weighted by Gasteiger charge is 2.43. The second-order valence-electron chi connectivity index (χ2n) is 5.98. The van der Waals surface area contributed by atoms with E-state index in [-0.39, 0.29) is 0 Å². The molecule has 6 heteroatoms. The molecule has 1 aromatic rings. The molecule has 1 aromatic carbocycles. The van der Waals surface area contributed by atoms with Gasteiger partial charge < -0.3 is 14.2 Å². The molecular formula is C17H22BrNO3S. The van der Waals surface area contributed by atoms with Crippen LogP contribution in [0.25, 0.3) is 0 Å². The van der Waals surface area contributed by atoms with Crippen LogP contribution in [-0.4, -0.2) is 22.2 Å². The zero-order chi connectivity index (χ0) is 16.3. The first-order valence-corrected chi connectivity index (χ1v) is 10.2. The number of halogens is 1. The van der Waals surface area contributed by atoms with Gasteiger partial charge in [0.25, 0.3) is 0 Å². The molecule has 2 aliphatic rings. The van der Waals surface area contributed by atoms with Crippen molar-refractivity contribution in [2.24, 2.45) is 0 Å². The Morgan fingerprint density at radius 1 is 1.43 bits per heavy atom. The second-order valence-corrected chi connectivity index (χ2v) is 8.23. The van der Waals surface area contributed by atoms with Crippen molar-refractivity contribution in [1.82, 2.24) is 4.72 Å². The Bertz CT molecular complexity index is 634. The Balaban J connectivity index is 1.82. The molecule has 2 atom stereocenters. The van der Waals surface area contributed by atoms with Crippen molar-refractivity contribution >= 4 is 26.9 Å². The van der Waals surface area contributed by atoms with Gasteiger partial charge in [0, 0.05) is 10.2 Å². The first kappa shape index (κ1) is 16.8. The molecule has 2 heterocycles. The van der Waals surface area contributed by atoms with E-state index in [1.165, 1.54) is 5.56 Å². The number of nitrogens with one attached hydrogen (secondary N) is 1. The van der Waals surface area contributed by atoms with Gasteiger partial charge in [0.1, 0.15) is 16.7 Å². The van der Waals surface area contributed by atoms with Crippen LogP contribution in [0, 0.1) is 0 Å². The number of fused-ring (bicyclic) bond motifs is 1. The van der Waals surface area contributed by atoms with Gasteiger partial charge in [-0.2, -0.15) is 0 Å². The van der Waals surface area contributed by atoms with Crippen molar-refractivity contribution in [3.63, 3.8) is 0 Å². The van der Waals surface area contributed by atoms with E-state index in [2.05, 4.69) is 26.7 Å². The van der Waals surface area contributed by atoms with E-state index < -0.39 is 16.6 Å². The summed E-state index contributed by atoms with van der Waals surface area (Å²) in [5.41, 5.74) is 0.792. The lowest BCUT2D eigenvalue weighted by atomic mass is 9.84. The number of benzene rings is 1. The van der Waals surface area contributed by atoms with Gasteiger partial charge in [-0.05, 0) is 55.9 Å². The number of ether oxygens (including phenoxy) is 2. The van der Waals surface area contributed by atoms with Crippen LogP contribution < -0.4 is 9.46 Å². The molecule has 0 amide bonds. The van der Waals surface area contributed by atoms with Gasteiger partial charge in [0.05, 0.1) is 12.8 Å². The summed E-state index contributed by atoms with van der Waals surface area (Å²) in [4.78, 5) is 0. The summed E-state index contributed by atoms with van der Waals surface area (Å²) in [6, 6.07) is 6.12. The third-order valence-electron chi connectivity index (χ3n) is 4.27. The Hall–Kier alpha value is -1.01. The van der Waals surface area contributed by atoms with E-state index in [0.717, 1.165) is 48.1 Å². The SMILES string of the molecule is CCC[S@@](=O)N/C=C1/OCCCC12CCc1cc(Br)ccc1O2. The molecule has 2 aliphatic heterocycles. The predicted molar refractivity (Wildman–Crippen MR) is 95.5 cm³/mol. The average Bonchev–Trinajstić information content (AvgIpc) is 2.55. The van der Waals surface area contributed by atoms with Crippen molar-refractivity contribution in [3.05, 3.63) is 40.2 Å². The first-order valence-electron chi connectivity index (χ1n) is 8.08. The largest absolute Gasteiger partial charge is 0.492 e. The van der Waals surface area contributed by atoms with Crippen LogP contribution in [0.1, 0.15) is 38.2 Å². The molecular weight excluding hydrogens is 378 g/mol. The van der Waals surface area contributed by atoms with Gasteiger partial charge in [-0.25, -0.2) is 4.21 Å². The highest BCUT2D eigenvalue weighted by molar-refractivity contribution is 9.10. The molecule has 0 bridgehead atoms. The summed E-state index contributed by atoms with van der Waals surface area (Å²) in [5.74, 6) is 2.33. The maximum atomic E-state index is 11.8. The van der Waals surface area contributed by atoms with Crippen molar-refractivity contribution in [2.45, 2.75) is 44.6 Å². The van der Waals surface area contributed by atoms with Crippen LogP contribution in [-0.2, 0) is 22.1 Å². The molecule has 0 aliphatic carbocycles. The minimum Gasteiger partial charge on any atom is -0.492 e. The van der Waals surface area contributed by atoms with Crippen molar-refractivity contribution < 1.29 is 13.7 Å². The van der Waals surface area contributed by atoms with Gasteiger partial charge in [-0.3, -0.25) is 0 Å². The molecule has 23 heavy (non-hydrogen) atoms. The minimum atomic E-state index is -1.06. The summed E-state index contributed by atoms with van der Waals surface area (Å²) in [6.07, 6.45) is 6.37. The smallest absolute Gasteiger partial charge is 0.167 e. The molecule has 1 N–H and O–H groups in total. The first-order chi connectivity index (χ1) is 11.1. The van der Waals surface area contributed by atoms with Crippen molar-refractivity contribution in [2.75, 3.05) is 12.4 Å². The summed E-state index contributed by atoms with van der Waals surface area (Å²) in [7, 11) is -1.06. The highest BCUT2D eigenvalue weighted by atomic mass is 79.9. The molecule has 0 saturated carbocycles. The summed E-state index contributed by atoms with van der Waals surface area (Å²) in [6.45, 7) is 2.71.